The van der Waals surface area contributed by atoms with Crippen LogP contribution < -0.4 is 5.32 Å². The SMILES string of the molecule is C[C@H]1[C@@H](CSc2ccc(C(=O)O)cc2)OC(c2ccc(CNC(=O)c3ccc4c(c3)C(=O)OC4=O)cc2)O[C@H]1c1ccc(CO)cc1. The number of carbonyl (C=O) groups excluding carboxylic acids is 3. The molecule has 6 rings (SSSR count). The number of cyclic esters (lactones) is 2. The summed E-state index contributed by atoms with van der Waals surface area (Å²) in [5.41, 5.74) is 4.08. The van der Waals surface area contributed by atoms with Crippen molar-refractivity contribution in [1.82, 2.24) is 5.32 Å². The predicted octanol–water partition coefficient (Wildman–Crippen LogP) is 5.70. The lowest BCUT2D eigenvalue weighted by molar-refractivity contribution is -0.268. The molecule has 1 fully saturated rings. The number of carboxylic acid groups (broad SMARTS) is 1. The highest BCUT2D eigenvalue weighted by atomic mass is 32.2. The number of benzene rings is 4. The molecule has 4 aromatic carbocycles. The Hall–Kier alpha value is -4.81. The quantitative estimate of drug-likeness (QED) is 0.111. The number of hydrogen-bond donors (Lipinski definition) is 3. The number of rotatable bonds is 10. The van der Waals surface area contributed by atoms with Crippen LogP contribution >= 0.6 is 11.8 Å². The number of esters is 2. The van der Waals surface area contributed by atoms with Crippen LogP contribution in [0.3, 0.4) is 0 Å². The number of thioether (sulfide) groups is 1. The summed E-state index contributed by atoms with van der Waals surface area (Å²) in [5.74, 6) is -2.27. The molecule has 4 aromatic rings. The lowest BCUT2D eigenvalue weighted by atomic mass is 9.91. The second-order valence-electron chi connectivity index (χ2n) is 11.3. The maximum absolute atomic E-state index is 12.8. The van der Waals surface area contributed by atoms with E-state index in [1.165, 1.54) is 18.2 Å². The number of nitrogens with one attached hydrogen (secondary N) is 1. The molecule has 47 heavy (non-hydrogen) atoms. The minimum Gasteiger partial charge on any atom is -0.478 e. The van der Waals surface area contributed by atoms with E-state index in [2.05, 4.69) is 17.0 Å². The summed E-state index contributed by atoms with van der Waals surface area (Å²) in [6, 6.07) is 26.2. The van der Waals surface area contributed by atoms with Crippen molar-refractivity contribution in [1.29, 1.82) is 0 Å². The molecule has 0 radical (unpaired) electrons. The van der Waals surface area contributed by atoms with Crippen LogP contribution in [0.5, 0.6) is 0 Å². The van der Waals surface area contributed by atoms with E-state index in [9.17, 15) is 29.4 Å². The Kier molecular flexibility index (Phi) is 9.50. The van der Waals surface area contributed by atoms with Crippen LogP contribution in [0.1, 0.15) is 83.0 Å². The second-order valence-corrected chi connectivity index (χ2v) is 12.4. The molecule has 3 N–H and O–H groups in total. The molecule has 10 nitrogen and oxygen atoms in total. The smallest absolute Gasteiger partial charge is 0.346 e. The first-order valence-corrected chi connectivity index (χ1v) is 15.9. The van der Waals surface area contributed by atoms with E-state index in [1.807, 2.05) is 48.5 Å². The summed E-state index contributed by atoms with van der Waals surface area (Å²) in [4.78, 5) is 48.5. The average molecular weight is 654 g/mol. The lowest BCUT2D eigenvalue weighted by Crippen LogP contribution is -2.38. The van der Waals surface area contributed by atoms with Crippen molar-refractivity contribution in [3.05, 3.63) is 136 Å². The Morgan fingerprint density at radius 3 is 2.11 bits per heavy atom. The van der Waals surface area contributed by atoms with Gasteiger partial charge in [0.2, 0.25) is 0 Å². The Labute approximate surface area is 274 Å². The number of amides is 1. The summed E-state index contributed by atoms with van der Waals surface area (Å²) in [6.07, 6.45) is -1.18. The van der Waals surface area contributed by atoms with Gasteiger partial charge in [0.1, 0.15) is 0 Å². The van der Waals surface area contributed by atoms with Gasteiger partial charge in [0.15, 0.2) is 6.29 Å². The van der Waals surface area contributed by atoms with Crippen molar-refractivity contribution in [2.75, 3.05) is 5.75 Å². The van der Waals surface area contributed by atoms with E-state index >= 15 is 0 Å². The van der Waals surface area contributed by atoms with Gasteiger partial charge < -0.3 is 29.7 Å². The van der Waals surface area contributed by atoms with Crippen LogP contribution in [-0.2, 0) is 27.4 Å². The molecule has 2 aliphatic rings. The number of aliphatic hydroxyl groups excluding tert-OH is 1. The lowest BCUT2D eigenvalue weighted by Gasteiger charge is -2.41. The maximum Gasteiger partial charge on any atom is 0.346 e. The van der Waals surface area contributed by atoms with E-state index in [0.717, 1.165) is 27.1 Å². The molecule has 1 saturated heterocycles. The molecule has 0 saturated carbocycles. The van der Waals surface area contributed by atoms with Gasteiger partial charge in [-0.2, -0.15) is 0 Å². The standard InChI is InChI=1S/C36H31NO9S/c1-20-30(19-47-27-13-10-24(11-14-27)33(40)41)44-36(45-31(20)23-6-4-22(18-38)5-7-23)25-8-2-21(3-9-25)17-37-32(39)26-12-15-28-29(16-26)35(43)46-34(28)42/h2-16,20,30-31,36,38H,17-19H2,1H3,(H,37,39)(H,40,41)/t20-,30+,31+,36?/m0/s1. The van der Waals surface area contributed by atoms with Crippen LogP contribution in [0.25, 0.3) is 0 Å². The molecule has 0 aromatic heterocycles. The number of hydrogen-bond acceptors (Lipinski definition) is 9. The highest BCUT2D eigenvalue weighted by Gasteiger charge is 2.38. The van der Waals surface area contributed by atoms with E-state index in [1.54, 1.807) is 36.0 Å². The number of aliphatic hydroxyl groups is 1. The topological polar surface area (TPSA) is 148 Å². The molecule has 0 bridgehead atoms. The Bertz CT molecular complexity index is 1810. The molecule has 2 heterocycles. The molecule has 0 aliphatic carbocycles. The fourth-order valence-electron chi connectivity index (χ4n) is 5.49. The minimum atomic E-state index is -0.972. The highest BCUT2D eigenvalue weighted by Crippen LogP contribution is 2.43. The summed E-state index contributed by atoms with van der Waals surface area (Å²) in [7, 11) is 0. The number of carbonyl (C=O) groups is 4. The molecular weight excluding hydrogens is 622 g/mol. The zero-order valence-electron chi connectivity index (χ0n) is 25.3. The van der Waals surface area contributed by atoms with Gasteiger partial charge in [-0.3, -0.25) is 4.79 Å². The van der Waals surface area contributed by atoms with Crippen LogP contribution in [0.2, 0.25) is 0 Å². The third-order valence-corrected chi connectivity index (χ3v) is 9.35. The number of carboxylic acids is 1. The Morgan fingerprint density at radius 2 is 1.43 bits per heavy atom. The monoisotopic (exact) mass is 653 g/mol. The van der Waals surface area contributed by atoms with Crippen molar-refractivity contribution in [2.24, 2.45) is 5.92 Å². The third-order valence-electron chi connectivity index (χ3n) is 8.25. The molecular formula is C36H31NO9S. The summed E-state index contributed by atoms with van der Waals surface area (Å²) in [6.45, 7) is 2.25. The zero-order valence-corrected chi connectivity index (χ0v) is 26.1. The van der Waals surface area contributed by atoms with Gasteiger partial charge in [0.05, 0.1) is 35.5 Å². The van der Waals surface area contributed by atoms with Crippen molar-refractivity contribution >= 4 is 35.6 Å². The number of fused-ring (bicyclic) bond motifs is 1. The van der Waals surface area contributed by atoms with E-state index in [0.29, 0.717) is 5.75 Å². The largest absolute Gasteiger partial charge is 0.478 e. The van der Waals surface area contributed by atoms with Crippen LogP contribution in [0.4, 0.5) is 0 Å². The first-order chi connectivity index (χ1) is 22.7. The van der Waals surface area contributed by atoms with Crippen molar-refractivity contribution in [3.8, 4) is 0 Å². The Balaban J connectivity index is 1.14. The van der Waals surface area contributed by atoms with Crippen molar-refractivity contribution in [3.63, 3.8) is 0 Å². The van der Waals surface area contributed by atoms with Gasteiger partial charge >= 0.3 is 17.9 Å². The fraction of sp³-hybridized carbons (Fsp3) is 0.222. The first-order valence-electron chi connectivity index (χ1n) is 14.9. The maximum atomic E-state index is 12.8. The molecule has 0 spiro atoms. The molecule has 2 aliphatic heterocycles. The molecule has 11 heteroatoms. The van der Waals surface area contributed by atoms with E-state index in [4.69, 9.17) is 9.47 Å². The number of ether oxygens (including phenoxy) is 3. The van der Waals surface area contributed by atoms with Gasteiger partial charge in [0.25, 0.3) is 5.91 Å². The minimum absolute atomic E-state index is 0.0225. The van der Waals surface area contributed by atoms with E-state index in [-0.39, 0.29) is 53.5 Å². The molecule has 1 unspecified atom stereocenters. The zero-order chi connectivity index (χ0) is 33.1. The molecule has 4 atom stereocenters. The predicted molar refractivity (Wildman–Crippen MR) is 171 cm³/mol. The normalized spacial score (nSPS) is 20.4. The third kappa shape index (κ3) is 7.13. The van der Waals surface area contributed by atoms with Gasteiger partial charge in [-0.05, 0) is 59.2 Å². The van der Waals surface area contributed by atoms with Gasteiger partial charge in [-0.15, -0.1) is 11.8 Å². The van der Waals surface area contributed by atoms with Gasteiger partial charge in [-0.25, -0.2) is 14.4 Å². The fourth-order valence-corrected chi connectivity index (χ4v) is 6.55. The van der Waals surface area contributed by atoms with E-state index < -0.39 is 30.1 Å². The molecule has 1 amide bonds. The summed E-state index contributed by atoms with van der Waals surface area (Å²) in [5, 5.41) is 21.6. The Morgan fingerprint density at radius 1 is 0.787 bits per heavy atom. The first kappa shape index (κ1) is 32.1. The molecule has 240 valence electrons. The number of aromatic carboxylic acids is 1. The average Bonchev–Trinajstić information content (AvgIpc) is 3.39. The van der Waals surface area contributed by atoms with Crippen molar-refractivity contribution in [2.45, 2.75) is 43.5 Å². The van der Waals surface area contributed by atoms with Crippen LogP contribution in [-0.4, -0.2) is 45.9 Å². The summed E-state index contributed by atoms with van der Waals surface area (Å²) >= 11 is 1.58. The van der Waals surface area contributed by atoms with Crippen LogP contribution in [0.15, 0.2) is 95.9 Å². The van der Waals surface area contributed by atoms with Gasteiger partial charge in [-0.1, -0.05) is 55.5 Å². The van der Waals surface area contributed by atoms with Crippen molar-refractivity contribution < 1.29 is 43.6 Å². The van der Waals surface area contributed by atoms with Crippen LogP contribution in [0, 0.1) is 5.92 Å². The second kappa shape index (κ2) is 13.9. The summed E-state index contributed by atoms with van der Waals surface area (Å²) < 4.78 is 17.6. The van der Waals surface area contributed by atoms with Gasteiger partial charge in [0, 0.05) is 34.2 Å². The highest BCUT2D eigenvalue weighted by molar-refractivity contribution is 7.99.